The lowest BCUT2D eigenvalue weighted by Gasteiger charge is -2.31. The predicted octanol–water partition coefficient (Wildman–Crippen LogP) is 0.205. The van der Waals surface area contributed by atoms with Gasteiger partial charge < -0.3 is 15.1 Å². The Kier molecular flexibility index (Phi) is 5.02. The number of anilines is 2. The molecule has 8 heteroatoms. The van der Waals surface area contributed by atoms with Gasteiger partial charge in [-0.25, -0.2) is 13.4 Å². The molecule has 1 aromatic heterocycles. The van der Waals surface area contributed by atoms with Crippen LogP contribution in [0.1, 0.15) is 6.42 Å². The minimum Gasteiger partial charge on any atom is -0.361 e. The fraction of sp³-hybridized carbons (Fsp3) is 0.571. The van der Waals surface area contributed by atoms with Gasteiger partial charge in [-0.15, -0.1) is 0 Å². The van der Waals surface area contributed by atoms with E-state index in [0.717, 1.165) is 0 Å². The highest BCUT2D eigenvalue weighted by Gasteiger charge is 2.30. The number of aromatic nitrogens is 1. The second-order valence-electron chi connectivity index (χ2n) is 5.77. The van der Waals surface area contributed by atoms with E-state index in [1.807, 2.05) is 30.9 Å². The van der Waals surface area contributed by atoms with Gasteiger partial charge in [0.15, 0.2) is 15.7 Å². The Labute approximate surface area is 131 Å². The molecule has 122 valence electrons. The number of pyridine rings is 1. The fourth-order valence-corrected chi connectivity index (χ4v) is 4.14. The lowest BCUT2D eigenvalue weighted by molar-refractivity contribution is -0.117. The van der Waals surface area contributed by atoms with Crippen LogP contribution in [0, 0.1) is 0 Å². The van der Waals surface area contributed by atoms with E-state index in [1.54, 1.807) is 18.3 Å². The fourth-order valence-electron chi connectivity index (χ4n) is 2.45. The van der Waals surface area contributed by atoms with Gasteiger partial charge in [0.05, 0.1) is 17.2 Å². The maximum Gasteiger partial charge on any atom is 0.226 e. The van der Waals surface area contributed by atoms with E-state index in [0.29, 0.717) is 18.1 Å². The summed E-state index contributed by atoms with van der Waals surface area (Å²) >= 11 is 0. The second kappa shape index (κ2) is 6.62. The number of nitrogens with zero attached hydrogens (tertiary/aromatic N) is 3. The van der Waals surface area contributed by atoms with Crippen LogP contribution >= 0.6 is 0 Å². The number of nitrogens with one attached hydrogen (secondary N) is 1. The molecule has 1 unspecified atom stereocenters. The molecule has 1 N–H and O–H groups in total. The monoisotopic (exact) mass is 326 g/mol. The Balaban J connectivity index is 2.04. The molecule has 1 fully saturated rings. The van der Waals surface area contributed by atoms with Gasteiger partial charge in [-0.2, -0.15) is 0 Å². The summed E-state index contributed by atoms with van der Waals surface area (Å²) in [5.41, 5.74) is 0.624. The molecule has 1 aliphatic rings. The smallest absolute Gasteiger partial charge is 0.226 e. The number of hydrogen-bond donors (Lipinski definition) is 1. The summed E-state index contributed by atoms with van der Waals surface area (Å²) in [7, 11) is 2.50. The van der Waals surface area contributed by atoms with Crippen molar-refractivity contribution in [2.75, 3.05) is 49.4 Å². The van der Waals surface area contributed by atoms with Crippen LogP contribution < -0.4 is 10.2 Å². The number of rotatable bonds is 4. The number of hydrogen-bond acceptors (Lipinski definition) is 6. The maximum atomic E-state index is 12.2. The third kappa shape index (κ3) is 4.17. The largest absolute Gasteiger partial charge is 0.361 e. The molecular formula is C14H22N4O3S. The summed E-state index contributed by atoms with van der Waals surface area (Å²) in [6.07, 6.45) is 1.81. The van der Waals surface area contributed by atoms with Crippen LogP contribution in [0.5, 0.6) is 0 Å². The van der Waals surface area contributed by atoms with Crippen molar-refractivity contribution < 1.29 is 13.2 Å². The summed E-state index contributed by atoms with van der Waals surface area (Å²) in [5.74, 6) is 0.657. The van der Waals surface area contributed by atoms with Gasteiger partial charge in [-0.1, -0.05) is 0 Å². The topological polar surface area (TPSA) is 82.6 Å². The second-order valence-corrected chi connectivity index (χ2v) is 8.00. The maximum absolute atomic E-state index is 12.2. The lowest BCUT2D eigenvalue weighted by Crippen LogP contribution is -2.47. The van der Waals surface area contributed by atoms with E-state index in [1.165, 1.54) is 0 Å². The van der Waals surface area contributed by atoms with Gasteiger partial charge in [0.1, 0.15) is 0 Å². The molecule has 1 aliphatic heterocycles. The Morgan fingerprint density at radius 1 is 1.50 bits per heavy atom. The zero-order valence-electron chi connectivity index (χ0n) is 13.1. The van der Waals surface area contributed by atoms with Gasteiger partial charge >= 0.3 is 0 Å². The summed E-state index contributed by atoms with van der Waals surface area (Å²) in [4.78, 5) is 20.2. The first-order valence-corrected chi connectivity index (χ1v) is 8.93. The van der Waals surface area contributed by atoms with Crippen molar-refractivity contribution in [1.29, 1.82) is 0 Å². The Morgan fingerprint density at radius 3 is 2.91 bits per heavy atom. The van der Waals surface area contributed by atoms with Crippen molar-refractivity contribution in [2.45, 2.75) is 12.5 Å². The standard InChI is InChI=1S/C14H22N4O3S/c1-17(2)14-12(5-4-6-15-14)16-13(19)9-11-10-22(20,21)8-7-18(11)3/h4-6,11H,7-10H2,1-3H3,(H,16,19). The van der Waals surface area contributed by atoms with E-state index in [2.05, 4.69) is 10.3 Å². The van der Waals surface area contributed by atoms with Gasteiger partial charge in [0.2, 0.25) is 5.91 Å². The lowest BCUT2D eigenvalue weighted by atomic mass is 10.2. The zero-order chi connectivity index (χ0) is 16.3. The molecule has 1 aromatic rings. The van der Waals surface area contributed by atoms with Crippen LogP contribution in [-0.2, 0) is 14.6 Å². The van der Waals surface area contributed by atoms with Gasteiger partial charge in [-0.05, 0) is 19.2 Å². The van der Waals surface area contributed by atoms with Crippen molar-refractivity contribution in [3.8, 4) is 0 Å². The average molecular weight is 326 g/mol. The van der Waals surface area contributed by atoms with Gasteiger partial charge in [-0.3, -0.25) is 4.79 Å². The van der Waals surface area contributed by atoms with Crippen LogP contribution in [0.3, 0.4) is 0 Å². The van der Waals surface area contributed by atoms with E-state index in [-0.39, 0.29) is 29.9 Å². The highest BCUT2D eigenvalue weighted by Crippen LogP contribution is 2.21. The highest BCUT2D eigenvalue weighted by molar-refractivity contribution is 7.91. The van der Waals surface area contributed by atoms with E-state index in [4.69, 9.17) is 0 Å². The summed E-state index contributed by atoms with van der Waals surface area (Å²) in [5, 5.41) is 2.82. The highest BCUT2D eigenvalue weighted by atomic mass is 32.2. The predicted molar refractivity (Wildman–Crippen MR) is 86.9 cm³/mol. The normalized spacial score (nSPS) is 21.3. The Morgan fingerprint density at radius 2 is 2.23 bits per heavy atom. The SMILES string of the molecule is CN(C)c1ncccc1NC(=O)CC1CS(=O)(=O)CCN1C. The molecular weight excluding hydrogens is 304 g/mol. The third-order valence-corrected chi connectivity index (χ3v) is 5.43. The minimum absolute atomic E-state index is 0.0322. The molecule has 2 rings (SSSR count). The van der Waals surface area contributed by atoms with E-state index < -0.39 is 9.84 Å². The molecule has 1 atom stereocenters. The van der Waals surface area contributed by atoms with Crippen molar-refractivity contribution in [2.24, 2.45) is 0 Å². The van der Waals surface area contributed by atoms with Gasteiger partial charge in [0.25, 0.3) is 0 Å². The molecule has 2 heterocycles. The average Bonchev–Trinajstić information content (AvgIpc) is 2.43. The van der Waals surface area contributed by atoms with Gasteiger partial charge in [0, 0.05) is 39.3 Å². The molecule has 7 nitrogen and oxygen atoms in total. The summed E-state index contributed by atoms with van der Waals surface area (Å²) in [6, 6.07) is 3.25. The molecule has 0 radical (unpaired) electrons. The van der Waals surface area contributed by atoms with Crippen LogP contribution in [0.25, 0.3) is 0 Å². The molecule has 0 aliphatic carbocycles. The minimum atomic E-state index is -3.05. The Bertz CT molecular complexity index is 645. The van der Waals surface area contributed by atoms with E-state index >= 15 is 0 Å². The van der Waals surface area contributed by atoms with Crippen molar-refractivity contribution in [3.63, 3.8) is 0 Å². The van der Waals surface area contributed by atoms with Crippen molar-refractivity contribution in [1.82, 2.24) is 9.88 Å². The van der Waals surface area contributed by atoms with Crippen molar-refractivity contribution in [3.05, 3.63) is 18.3 Å². The first-order valence-electron chi connectivity index (χ1n) is 7.11. The molecule has 0 bridgehead atoms. The molecule has 0 aromatic carbocycles. The number of amides is 1. The number of carbonyl (C=O) groups is 1. The van der Waals surface area contributed by atoms with Crippen LogP contribution in [0.4, 0.5) is 11.5 Å². The van der Waals surface area contributed by atoms with Crippen LogP contribution in [-0.4, -0.2) is 69.4 Å². The first kappa shape index (κ1) is 16.7. The first-order chi connectivity index (χ1) is 10.3. The zero-order valence-corrected chi connectivity index (χ0v) is 13.9. The third-order valence-electron chi connectivity index (χ3n) is 3.73. The molecule has 0 saturated carbocycles. The summed E-state index contributed by atoms with van der Waals surface area (Å²) < 4.78 is 23.4. The molecule has 1 saturated heterocycles. The summed E-state index contributed by atoms with van der Waals surface area (Å²) in [6.45, 7) is 0.468. The van der Waals surface area contributed by atoms with E-state index in [9.17, 15) is 13.2 Å². The quantitative estimate of drug-likeness (QED) is 0.851. The molecule has 1 amide bonds. The van der Waals surface area contributed by atoms with Crippen molar-refractivity contribution >= 4 is 27.2 Å². The van der Waals surface area contributed by atoms with Crippen LogP contribution in [0.2, 0.25) is 0 Å². The van der Waals surface area contributed by atoms with Crippen LogP contribution in [0.15, 0.2) is 18.3 Å². The molecule has 22 heavy (non-hydrogen) atoms. The molecule has 0 spiro atoms. The number of sulfone groups is 1. The Hall–Kier alpha value is -1.67. The number of carbonyl (C=O) groups excluding carboxylic acids is 1.